The number of Topliss-reactive ketones (excluding diaryl/α,β-unsaturated/α-hetero) is 2. The Balaban J connectivity index is 2.18. The molecule has 2 N–H and O–H groups in total. The predicted octanol–water partition coefficient (Wildman–Crippen LogP) is 4.39. The van der Waals surface area contributed by atoms with Gasteiger partial charge in [0.15, 0.2) is 5.78 Å². The number of aliphatic hydroxyl groups is 1. The van der Waals surface area contributed by atoms with Gasteiger partial charge in [0.1, 0.15) is 5.78 Å². The molecule has 0 spiro atoms. The summed E-state index contributed by atoms with van der Waals surface area (Å²) < 4.78 is 0. The van der Waals surface area contributed by atoms with Gasteiger partial charge in [-0.15, -0.1) is 0 Å². The molecule has 1 aliphatic rings. The zero-order chi connectivity index (χ0) is 20.5. The molecule has 1 aliphatic carbocycles. The maximum absolute atomic E-state index is 12.7. The van der Waals surface area contributed by atoms with Crippen molar-refractivity contribution in [1.29, 1.82) is 0 Å². The molecule has 0 aliphatic heterocycles. The van der Waals surface area contributed by atoms with Gasteiger partial charge >= 0.3 is 0 Å². The minimum Gasteiger partial charge on any atom is -0.389 e. The molecule has 0 radical (unpaired) electrons. The zero-order valence-corrected chi connectivity index (χ0v) is 16.8. The van der Waals surface area contributed by atoms with Crippen molar-refractivity contribution in [1.82, 2.24) is 0 Å². The van der Waals surface area contributed by atoms with Gasteiger partial charge in [0.05, 0.1) is 11.5 Å². The second-order valence-electron chi connectivity index (χ2n) is 7.95. The highest BCUT2D eigenvalue weighted by Gasteiger charge is 2.49. The second kappa shape index (κ2) is 7.72. The van der Waals surface area contributed by atoms with Crippen molar-refractivity contribution in [3.63, 3.8) is 0 Å². The average molecular weight is 377 g/mol. The zero-order valence-electron chi connectivity index (χ0n) is 16.8. The lowest BCUT2D eigenvalue weighted by atomic mass is 9.64. The summed E-state index contributed by atoms with van der Waals surface area (Å²) in [7, 11) is 0. The van der Waals surface area contributed by atoms with Crippen LogP contribution in [0.15, 0.2) is 65.9 Å². The fourth-order valence-corrected chi connectivity index (χ4v) is 4.32. The Morgan fingerprint density at radius 2 is 1.64 bits per heavy atom. The SMILES string of the molecule is CC(=O)C1=C(Nc2ccc(C)cc2)C[C@](C)(O)[C@H](C(C)=O)[C@H]1c1ccccc1. The van der Waals surface area contributed by atoms with E-state index in [1.807, 2.05) is 61.5 Å². The largest absolute Gasteiger partial charge is 0.389 e. The summed E-state index contributed by atoms with van der Waals surface area (Å²) >= 11 is 0. The van der Waals surface area contributed by atoms with Crippen molar-refractivity contribution in [2.45, 2.75) is 45.6 Å². The first-order chi connectivity index (χ1) is 13.2. The van der Waals surface area contributed by atoms with Gasteiger partial charge in [-0.25, -0.2) is 0 Å². The third-order valence-corrected chi connectivity index (χ3v) is 5.50. The minimum absolute atomic E-state index is 0.0924. The third-order valence-electron chi connectivity index (χ3n) is 5.50. The molecule has 0 aromatic heterocycles. The van der Waals surface area contributed by atoms with Crippen molar-refractivity contribution in [2.75, 3.05) is 5.32 Å². The second-order valence-corrected chi connectivity index (χ2v) is 7.95. The van der Waals surface area contributed by atoms with E-state index >= 15 is 0 Å². The van der Waals surface area contributed by atoms with Crippen LogP contribution < -0.4 is 5.32 Å². The highest BCUT2D eigenvalue weighted by Crippen LogP contribution is 2.47. The lowest BCUT2D eigenvalue weighted by molar-refractivity contribution is -0.131. The molecule has 2 aromatic rings. The summed E-state index contributed by atoms with van der Waals surface area (Å²) in [6.45, 7) is 6.71. The summed E-state index contributed by atoms with van der Waals surface area (Å²) in [5.41, 5.74) is 2.82. The number of anilines is 1. The number of rotatable bonds is 5. The van der Waals surface area contributed by atoms with Gasteiger partial charge in [-0.05, 0) is 45.4 Å². The first-order valence-electron chi connectivity index (χ1n) is 9.56. The number of carbonyl (C=O) groups excluding carboxylic acids is 2. The molecular weight excluding hydrogens is 350 g/mol. The van der Waals surface area contributed by atoms with Gasteiger partial charge in [-0.3, -0.25) is 9.59 Å². The molecule has 28 heavy (non-hydrogen) atoms. The first-order valence-corrected chi connectivity index (χ1v) is 9.56. The first kappa shape index (κ1) is 20.0. The maximum Gasteiger partial charge on any atom is 0.158 e. The van der Waals surface area contributed by atoms with E-state index in [0.29, 0.717) is 11.3 Å². The Labute approximate surface area is 166 Å². The van der Waals surface area contributed by atoms with Crippen LogP contribution in [-0.2, 0) is 9.59 Å². The fraction of sp³-hybridized carbons (Fsp3) is 0.333. The topological polar surface area (TPSA) is 66.4 Å². The molecule has 146 valence electrons. The molecule has 2 aromatic carbocycles. The highest BCUT2D eigenvalue weighted by molar-refractivity contribution is 5.98. The number of aryl methyl sites for hydroxylation is 1. The van der Waals surface area contributed by atoms with Gasteiger partial charge in [-0.2, -0.15) is 0 Å². The lowest BCUT2D eigenvalue weighted by Crippen LogP contribution is -2.48. The maximum atomic E-state index is 12.7. The van der Waals surface area contributed by atoms with Crippen LogP contribution in [0.4, 0.5) is 5.69 Å². The van der Waals surface area contributed by atoms with Gasteiger partial charge in [0.2, 0.25) is 0 Å². The van der Waals surface area contributed by atoms with E-state index in [4.69, 9.17) is 0 Å². The molecule has 0 fully saturated rings. The van der Waals surface area contributed by atoms with Crippen LogP contribution in [0.1, 0.15) is 44.2 Å². The third kappa shape index (κ3) is 3.92. The number of benzene rings is 2. The Kier molecular flexibility index (Phi) is 5.52. The van der Waals surface area contributed by atoms with Gasteiger partial charge < -0.3 is 10.4 Å². The Hall–Kier alpha value is -2.72. The summed E-state index contributed by atoms with van der Waals surface area (Å²) in [6.07, 6.45) is 0.212. The molecule has 0 bridgehead atoms. The van der Waals surface area contributed by atoms with Crippen LogP contribution in [0.25, 0.3) is 0 Å². The highest BCUT2D eigenvalue weighted by atomic mass is 16.3. The molecule has 4 nitrogen and oxygen atoms in total. The molecule has 3 rings (SSSR count). The van der Waals surface area contributed by atoms with Crippen molar-refractivity contribution in [3.8, 4) is 0 Å². The molecular formula is C24H27NO3. The molecule has 0 amide bonds. The van der Waals surface area contributed by atoms with E-state index < -0.39 is 17.4 Å². The molecule has 3 atom stereocenters. The van der Waals surface area contributed by atoms with E-state index in [1.54, 1.807) is 6.92 Å². The number of nitrogens with one attached hydrogen (secondary N) is 1. The molecule has 0 unspecified atom stereocenters. The Morgan fingerprint density at radius 3 is 2.18 bits per heavy atom. The van der Waals surface area contributed by atoms with Gasteiger partial charge in [0, 0.05) is 29.3 Å². The standard InChI is InChI=1S/C24H27NO3/c1-15-10-12-19(13-11-15)25-20-14-24(4,28)23(17(3)27)22(21(20)16(2)26)18-8-6-5-7-9-18/h5-13,22-23,25,28H,14H2,1-4H3/t22-,23+,24-/m0/s1. The van der Waals surface area contributed by atoms with Crippen molar-refractivity contribution < 1.29 is 14.7 Å². The fourth-order valence-electron chi connectivity index (χ4n) is 4.32. The minimum atomic E-state index is -1.27. The van der Waals surface area contributed by atoms with Crippen molar-refractivity contribution in [2.24, 2.45) is 5.92 Å². The lowest BCUT2D eigenvalue weighted by Gasteiger charge is -2.43. The normalized spacial score (nSPS) is 24.8. The van der Waals surface area contributed by atoms with E-state index in [0.717, 1.165) is 16.8 Å². The summed E-state index contributed by atoms with van der Waals surface area (Å²) in [5.74, 6) is -1.39. The number of hydrogen-bond acceptors (Lipinski definition) is 4. The predicted molar refractivity (Wildman–Crippen MR) is 111 cm³/mol. The number of allylic oxidation sites excluding steroid dienone is 1. The van der Waals surface area contributed by atoms with Crippen LogP contribution in [0, 0.1) is 12.8 Å². The quantitative estimate of drug-likeness (QED) is 0.811. The van der Waals surface area contributed by atoms with Crippen LogP contribution >= 0.6 is 0 Å². The summed E-state index contributed by atoms with van der Waals surface area (Å²) in [4.78, 5) is 25.3. The average Bonchev–Trinajstić information content (AvgIpc) is 2.62. The van der Waals surface area contributed by atoms with Crippen LogP contribution in [0.2, 0.25) is 0 Å². The number of ketones is 2. The van der Waals surface area contributed by atoms with Gasteiger partial charge in [0.25, 0.3) is 0 Å². The van der Waals surface area contributed by atoms with E-state index in [1.165, 1.54) is 13.8 Å². The monoisotopic (exact) mass is 377 g/mol. The summed E-state index contributed by atoms with van der Waals surface area (Å²) in [6, 6.07) is 17.4. The number of hydrogen-bond donors (Lipinski definition) is 2. The Bertz CT molecular complexity index is 911. The summed E-state index contributed by atoms with van der Waals surface area (Å²) in [5, 5.41) is 14.6. The smallest absolute Gasteiger partial charge is 0.158 e. The van der Waals surface area contributed by atoms with E-state index in [9.17, 15) is 14.7 Å². The van der Waals surface area contributed by atoms with Crippen LogP contribution in [0.5, 0.6) is 0 Å². The molecule has 0 heterocycles. The van der Waals surface area contributed by atoms with E-state index in [2.05, 4.69) is 5.32 Å². The number of carbonyl (C=O) groups is 2. The molecule has 0 saturated heterocycles. The Morgan fingerprint density at radius 1 is 1.04 bits per heavy atom. The van der Waals surface area contributed by atoms with Crippen LogP contribution in [-0.4, -0.2) is 22.3 Å². The molecule has 4 heteroatoms. The van der Waals surface area contributed by atoms with Crippen LogP contribution in [0.3, 0.4) is 0 Å². The van der Waals surface area contributed by atoms with Crippen molar-refractivity contribution >= 4 is 17.3 Å². The molecule has 0 saturated carbocycles. The van der Waals surface area contributed by atoms with Gasteiger partial charge in [-0.1, -0.05) is 48.0 Å². The van der Waals surface area contributed by atoms with Crippen molar-refractivity contribution in [3.05, 3.63) is 77.0 Å². The van der Waals surface area contributed by atoms with E-state index in [-0.39, 0.29) is 18.0 Å².